The van der Waals surface area contributed by atoms with Crippen molar-refractivity contribution in [3.63, 3.8) is 0 Å². The van der Waals surface area contributed by atoms with Crippen LogP contribution in [0.3, 0.4) is 0 Å². The Morgan fingerprint density at radius 2 is 0.911 bits per heavy atom. The van der Waals surface area contributed by atoms with Crippen LogP contribution in [-0.2, 0) is 14.1 Å². The van der Waals surface area contributed by atoms with Crippen molar-refractivity contribution in [3.8, 4) is 12.1 Å². The number of nitriles is 2. The average Bonchev–Trinajstić information content (AvgIpc) is 3.66. The number of nitrogens with zero attached hydrogens (tertiary/aromatic N) is 10. The highest BCUT2D eigenvalue weighted by molar-refractivity contribution is 6.21. The van der Waals surface area contributed by atoms with Crippen LogP contribution in [0.5, 0.6) is 0 Å². The van der Waals surface area contributed by atoms with E-state index in [-0.39, 0.29) is 11.4 Å². The molecular formula is C42H36N10O4. The van der Waals surface area contributed by atoms with Gasteiger partial charge in [0.1, 0.15) is 12.3 Å². The Morgan fingerprint density at radius 3 is 1.21 bits per heavy atom. The smallest absolute Gasteiger partial charge is 0.269 e. The zero-order valence-corrected chi connectivity index (χ0v) is 31.5. The quantitative estimate of drug-likeness (QED) is 0.117. The third-order valence-corrected chi connectivity index (χ3v) is 10.8. The number of likely N-dealkylation sites (N-methyl/N-ethyl adjacent to an activating group) is 2. The van der Waals surface area contributed by atoms with Gasteiger partial charge in [-0.1, -0.05) is 36.4 Å². The monoisotopic (exact) mass is 744 g/mol. The van der Waals surface area contributed by atoms with Gasteiger partial charge in [-0.05, 0) is 64.6 Å². The average molecular weight is 745 g/mol. The molecule has 0 saturated carbocycles. The van der Waals surface area contributed by atoms with Gasteiger partial charge in [0.2, 0.25) is 0 Å². The highest BCUT2D eigenvalue weighted by Crippen LogP contribution is 2.57. The first-order valence-electron chi connectivity index (χ1n) is 17.8. The number of benzene rings is 4. The van der Waals surface area contributed by atoms with Crippen LogP contribution < -0.4 is 9.80 Å². The van der Waals surface area contributed by atoms with E-state index in [4.69, 9.17) is 0 Å². The lowest BCUT2D eigenvalue weighted by molar-refractivity contribution is -0.385. The summed E-state index contributed by atoms with van der Waals surface area (Å²) < 4.78 is 4.11. The van der Waals surface area contributed by atoms with E-state index in [1.54, 1.807) is 24.3 Å². The Hall–Kier alpha value is -7.26. The molecule has 2 aromatic heterocycles. The first kappa shape index (κ1) is 35.8. The molecule has 0 saturated heterocycles. The van der Waals surface area contributed by atoms with Gasteiger partial charge in [-0.3, -0.25) is 30.0 Å². The minimum absolute atomic E-state index is 0.0522. The van der Waals surface area contributed by atoms with Gasteiger partial charge >= 0.3 is 0 Å². The summed E-state index contributed by atoms with van der Waals surface area (Å²) in [6.07, 6.45) is -1.41. The number of fused-ring (bicyclic) bond motifs is 6. The van der Waals surface area contributed by atoms with Crippen LogP contribution >= 0.6 is 0 Å². The Bertz CT molecular complexity index is 2590. The summed E-state index contributed by atoms with van der Waals surface area (Å²) in [6, 6.07) is 33.7. The lowest BCUT2D eigenvalue weighted by Gasteiger charge is -2.45. The fraction of sp³-hybridized carbons (Fsp3) is 0.190. The maximum Gasteiger partial charge on any atom is 0.269 e. The number of para-hydroxylation sites is 2. The summed E-state index contributed by atoms with van der Waals surface area (Å²) in [4.78, 5) is 30.5. The molecule has 2 unspecified atom stereocenters. The van der Waals surface area contributed by atoms with Crippen LogP contribution in [0.25, 0.3) is 33.0 Å². The van der Waals surface area contributed by atoms with Gasteiger partial charge in [0.25, 0.3) is 11.4 Å². The predicted octanol–water partition coefficient (Wildman–Crippen LogP) is 7.82. The second-order valence-corrected chi connectivity index (χ2v) is 14.3. The van der Waals surface area contributed by atoms with E-state index in [0.717, 1.165) is 33.2 Å². The first-order chi connectivity index (χ1) is 26.9. The molecule has 2 aliphatic rings. The summed E-state index contributed by atoms with van der Waals surface area (Å²) >= 11 is 0. The standard InChI is InChI=1S/C42H36N10O4/c1-45(2)41-31(23-43)35(39-37(29-11-7-9-13-33(29)47(39)5)49(41)25-15-19-27(20-16-25)51(53)54)36-32(24-44)42(46(3)4)50(26-17-21-28(22-18-26)52(55)56)38-30-12-8-10-14-34(30)48(6)40(36)38/h7-22,41-42H,1-6H3. The van der Waals surface area contributed by atoms with Gasteiger partial charge in [0, 0.05) is 71.7 Å². The normalized spacial score (nSPS) is 16.8. The SMILES string of the molecule is CN(C)C1C(C#N)=C(C2=C(C#N)C(N(C)C)N(c3ccc([N+](=O)[O-])cc3)c3c2n(C)c2ccccc32)c2c(c3ccccc3n2C)N1c1ccc([N+](=O)[O-])cc1. The topological polar surface area (TPSA) is 157 Å². The Labute approximate surface area is 322 Å². The maximum absolute atomic E-state index is 11.7. The number of aryl methyl sites for hydroxylation is 2. The molecule has 0 fully saturated rings. The number of hydrogen-bond acceptors (Lipinski definition) is 10. The molecule has 0 radical (unpaired) electrons. The molecule has 14 nitrogen and oxygen atoms in total. The molecule has 4 heterocycles. The third-order valence-electron chi connectivity index (χ3n) is 10.8. The number of rotatable bonds is 7. The van der Waals surface area contributed by atoms with E-state index in [9.17, 15) is 30.8 Å². The molecule has 0 aliphatic carbocycles. The molecule has 0 bridgehead atoms. The van der Waals surface area contributed by atoms with Crippen molar-refractivity contribution in [3.05, 3.63) is 140 Å². The van der Waals surface area contributed by atoms with Crippen LogP contribution in [0.2, 0.25) is 0 Å². The Morgan fingerprint density at radius 1 is 0.571 bits per heavy atom. The highest BCUT2D eigenvalue weighted by Gasteiger charge is 2.46. The number of nitro groups is 2. The van der Waals surface area contributed by atoms with Crippen molar-refractivity contribution in [1.29, 1.82) is 10.5 Å². The fourth-order valence-electron chi connectivity index (χ4n) is 8.54. The molecule has 278 valence electrons. The molecule has 2 aliphatic heterocycles. The number of aromatic nitrogens is 2. The van der Waals surface area contributed by atoms with E-state index in [1.165, 1.54) is 24.3 Å². The molecule has 0 amide bonds. The van der Waals surface area contributed by atoms with Gasteiger partial charge in [0.05, 0.1) is 66.9 Å². The van der Waals surface area contributed by atoms with Crippen LogP contribution in [-0.4, -0.2) is 69.3 Å². The van der Waals surface area contributed by atoms with Crippen molar-refractivity contribution in [2.75, 3.05) is 38.0 Å². The maximum atomic E-state index is 11.7. The summed E-state index contributed by atoms with van der Waals surface area (Å²) in [7, 11) is 11.4. The number of hydrogen-bond donors (Lipinski definition) is 0. The zero-order valence-electron chi connectivity index (χ0n) is 31.5. The fourth-order valence-corrected chi connectivity index (χ4v) is 8.54. The van der Waals surface area contributed by atoms with Gasteiger partial charge in [-0.25, -0.2) is 0 Å². The van der Waals surface area contributed by atoms with Crippen LogP contribution in [0.4, 0.5) is 34.1 Å². The molecule has 8 rings (SSSR count). The molecular weight excluding hydrogens is 709 g/mol. The summed E-state index contributed by atoms with van der Waals surface area (Å²) in [5.74, 6) is 0. The second-order valence-electron chi connectivity index (χ2n) is 14.3. The molecule has 6 aromatic rings. The van der Waals surface area contributed by atoms with Crippen LogP contribution in [0.1, 0.15) is 11.4 Å². The molecule has 2 atom stereocenters. The zero-order chi connectivity index (χ0) is 39.7. The van der Waals surface area contributed by atoms with Crippen molar-refractivity contribution in [2.45, 2.75) is 12.3 Å². The number of allylic oxidation sites excluding steroid dienone is 2. The second kappa shape index (κ2) is 13.2. The lowest BCUT2D eigenvalue weighted by Crippen LogP contribution is -2.48. The van der Waals surface area contributed by atoms with Crippen molar-refractivity contribution in [2.24, 2.45) is 14.1 Å². The number of non-ortho nitro benzene ring substituents is 2. The first-order valence-corrected chi connectivity index (χ1v) is 17.8. The summed E-state index contributed by atoms with van der Waals surface area (Å²) in [5, 5.41) is 48.0. The van der Waals surface area contributed by atoms with E-state index in [0.29, 0.717) is 45.1 Å². The largest absolute Gasteiger partial charge is 0.342 e. The van der Waals surface area contributed by atoms with Crippen LogP contribution in [0, 0.1) is 42.9 Å². The van der Waals surface area contributed by atoms with Crippen molar-refractivity contribution >= 4 is 67.1 Å². The van der Waals surface area contributed by atoms with E-state index in [2.05, 4.69) is 21.3 Å². The van der Waals surface area contributed by atoms with Crippen LogP contribution in [0.15, 0.2) is 108 Å². The molecule has 14 heteroatoms. The number of anilines is 4. The van der Waals surface area contributed by atoms with E-state index >= 15 is 0 Å². The molecule has 0 N–H and O–H groups in total. The van der Waals surface area contributed by atoms with Gasteiger partial charge in [-0.15, -0.1) is 0 Å². The van der Waals surface area contributed by atoms with E-state index in [1.807, 2.05) is 110 Å². The Kier molecular flexibility index (Phi) is 8.46. The number of nitro benzene ring substituents is 2. The predicted molar refractivity (Wildman–Crippen MR) is 216 cm³/mol. The molecule has 0 spiro atoms. The lowest BCUT2D eigenvalue weighted by atomic mass is 9.82. The Balaban J connectivity index is 1.54. The molecule has 4 aromatic carbocycles. The summed E-state index contributed by atoms with van der Waals surface area (Å²) in [6.45, 7) is 0. The van der Waals surface area contributed by atoms with Gasteiger partial charge < -0.3 is 18.9 Å². The van der Waals surface area contributed by atoms with Gasteiger partial charge in [-0.2, -0.15) is 10.5 Å². The summed E-state index contributed by atoms with van der Waals surface area (Å²) in [5.41, 5.74) is 7.92. The van der Waals surface area contributed by atoms with Gasteiger partial charge in [0.15, 0.2) is 0 Å². The highest BCUT2D eigenvalue weighted by atomic mass is 16.6. The van der Waals surface area contributed by atoms with E-state index < -0.39 is 22.2 Å². The van der Waals surface area contributed by atoms with Crippen molar-refractivity contribution in [1.82, 2.24) is 18.9 Å². The minimum atomic E-state index is -0.703. The minimum Gasteiger partial charge on any atom is -0.342 e. The molecule has 56 heavy (non-hydrogen) atoms. The van der Waals surface area contributed by atoms with Crippen molar-refractivity contribution < 1.29 is 9.85 Å². The third kappa shape index (κ3) is 5.08.